The molecule has 0 saturated heterocycles. The van der Waals surface area contributed by atoms with E-state index in [4.69, 9.17) is 16.0 Å². The molecule has 5 rings (SSSR count). The summed E-state index contributed by atoms with van der Waals surface area (Å²) in [6, 6.07) is 14.9. The number of carbonyl (C=O) groups excluding carboxylic acids is 2. The van der Waals surface area contributed by atoms with Crippen molar-refractivity contribution >= 4 is 40.2 Å². The number of fused-ring (bicyclic) bond motifs is 2. The van der Waals surface area contributed by atoms with Crippen molar-refractivity contribution in [1.82, 2.24) is 10.2 Å². The van der Waals surface area contributed by atoms with Gasteiger partial charge in [0.2, 0.25) is 0 Å². The SMILES string of the molecule is CN1Cc2ccc(C(=O)NCc3cc4cc(F)ccc4o3)cc2N(Cc2c(F)cccc2Cl)C1=O. The molecule has 0 saturated carbocycles. The summed E-state index contributed by atoms with van der Waals surface area (Å²) in [6.45, 7) is 0.373. The lowest BCUT2D eigenvalue weighted by molar-refractivity contribution is 0.0948. The summed E-state index contributed by atoms with van der Waals surface area (Å²) < 4.78 is 33.5. The molecule has 2 heterocycles. The number of urea groups is 1. The molecular formula is C26H20ClF2N3O3. The molecule has 0 atom stereocenters. The van der Waals surface area contributed by atoms with Crippen LogP contribution >= 0.6 is 11.6 Å². The fraction of sp³-hybridized carbons (Fsp3) is 0.154. The number of furan rings is 1. The lowest BCUT2D eigenvalue weighted by Crippen LogP contribution is -2.45. The topological polar surface area (TPSA) is 65.8 Å². The van der Waals surface area contributed by atoms with Crippen molar-refractivity contribution in [2.24, 2.45) is 0 Å². The molecule has 0 aliphatic carbocycles. The van der Waals surface area contributed by atoms with Crippen molar-refractivity contribution in [3.05, 3.63) is 99.8 Å². The number of rotatable bonds is 5. The number of amides is 3. The third-order valence-corrected chi connectivity index (χ3v) is 6.29. The minimum Gasteiger partial charge on any atom is -0.459 e. The highest BCUT2D eigenvalue weighted by Crippen LogP contribution is 2.32. The van der Waals surface area contributed by atoms with Gasteiger partial charge in [-0.15, -0.1) is 0 Å². The van der Waals surface area contributed by atoms with Crippen LogP contribution in [0.1, 0.15) is 27.2 Å². The molecule has 3 amide bonds. The van der Waals surface area contributed by atoms with E-state index in [1.807, 2.05) is 0 Å². The highest BCUT2D eigenvalue weighted by Gasteiger charge is 2.30. The first-order chi connectivity index (χ1) is 16.8. The van der Waals surface area contributed by atoms with Gasteiger partial charge in [-0.2, -0.15) is 0 Å². The molecule has 178 valence electrons. The molecule has 3 aromatic carbocycles. The van der Waals surface area contributed by atoms with E-state index in [1.165, 1.54) is 40.1 Å². The number of hydrogen-bond acceptors (Lipinski definition) is 3. The average Bonchev–Trinajstić information content (AvgIpc) is 3.24. The molecule has 0 radical (unpaired) electrons. The molecule has 1 aliphatic heterocycles. The zero-order valence-electron chi connectivity index (χ0n) is 18.6. The molecule has 1 aliphatic rings. The van der Waals surface area contributed by atoms with Gasteiger partial charge in [0.05, 0.1) is 18.8 Å². The van der Waals surface area contributed by atoms with Gasteiger partial charge in [0.15, 0.2) is 0 Å². The molecule has 0 spiro atoms. The average molecular weight is 496 g/mol. The van der Waals surface area contributed by atoms with Gasteiger partial charge >= 0.3 is 6.03 Å². The number of halogens is 3. The van der Waals surface area contributed by atoms with Crippen LogP contribution in [0.4, 0.5) is 19.3 Å². The fourth-order valence-corrected chi connectivity index (χ4v) is 4.37. The van der Waals surface area contributed by atoms with Crippen LogP contribution in [0.2, 0.25) is 5.02 Å². The van der Waals surface area contributed by atoms with Crippen molar-refractivity contribution in [1.29, 1.82) is 0 Å². The minimum absolute atomic E-state index is 0.0811. The summed E-state index contributed by atoms with van der Waals surface area (Å²) in [4.78, 5) is 28.8. The van der Waals surface area contributed by atoms with E-state index in [0.717, 1.165) is 5.56 Å². The van der Waals surface area contributed by atoms with Crippen LogP contribution in [-0.4, -0.2) is 23.9 Å². The summed E-state index contributed by atoms with van der Waals surface area (Å²) in [5, 5.41) is 3.60. The number of carbonyl (C=O) groups is 2. The molecule has 0 unspecified atom stereocenters. The summed E-state index contributed by atoms with van der Waals surface area (Å²) in [5.41, 5.74) is 2.37. The van der Waals surface area contributed by atoms with Crippen molar-refractivity contribution in [2.75, 3.05) is 11.9 Å². The largest absolute Gasteiger partial charge is 0.459 e. The Labute approximate surface area is 204 Å². The second-order valence-corrected chi connectivity index (χ2v) is 8.75. The molecule has 9 heteroatoms. The molecule has 6 nitrogen and oxygen atoms in total. The van der Waals surface area contributed by atoms with Crippen LogP contribution in [0.5, 0.6) is 0 Å². The molecule has 1 aromatic heterocycles. The Kier molecular flexibility index (Phi) is 5.90. The summed E-state index contributed by atoms with van der Waals surface area (Å²) in [5.74, 6) is -0.789. The number of benzene rings is 3. The summed E-state index contributed by atoms with van der Waals surface area (Å²) in [7, 11) is 1.65. The normalized spacial score (nSPS) is 13.3. The Bertz CT molecular complexity index is 1450. The van der Waals surface area contributed by atoms with Gasteiger partial charge in [0.25, 0.3) is 5.91 Å². The van der Waals surface area contributed by atoms with E-state index in [2.05, 4.69) is 5.32 Å². The van der Waals surface area contributed by atoms with E-state index >= 15 is 0 Å². The van der Waals surface area contributed by atoms with Gasteiger partial charge in [-0.1, -0.05) is 23.7 Å². The first-order valence-electron chi connectivity index (χ1n) is 10.8. The Morgan fingerprint density at radius 3 is 2.74 bits per heavy atom. The van der Waals surface area contributed by atoms with Gasteiger partial charge in [-0.3, -0.25) is 9.69 Å². The smallest absolute Gasteiger partial charge is 0.324 e. The van der Waals surface area contributed by atoms with E-state index < -0.39 is 5.82 Å². The van der Waals surface area contributed by atoms with Crippen molar-refractivity contribution < 1.29 is 22.8 Å². The van der Waals surface area contributed by atoms with Crippen molar-refractivity contribution in [3.63, 3.8) is 0 Å². The van der Waals surface area contributed by atoms with Crippen LogP contribution in [-0.2, 0) is 19.6 Å². The Morgan fingerprint density at radius 2 is 1.94 bits per heavy atom. The number of nitrogens with zero attached hydrogens (tertiary/aromatic N) is 2. The van der Waals surface area contributed by atoms with E-state index in [0.29, 0.717) is 34.5 Å². The molecule has 1 N–H and O–H groups in total. The Balaban J connectivity index is 1.39. The molecule has 35 heavy (non-hydrogen) atoms. The summed E-state index contributed by atoms with van der Waals surface area (Å²) in [6.07, 6.45) is 0. The highest BCUT2D eigenvalue weighted by molar-refractivity contribution is 6.31. The Hall–Kier alpha value is -3.91. The maximum atomic E-state index is 14.4. The van der Waals surface area contributed by atoms with Gasteiger partial charge in [0.1, 0.15) is 23.0 Å². The van der Waals surface area contributed by atoms with Gasteiger partial charge in [-0.25, -0.2) is 13.6 Å². The van der Waals surface area contributed by atoms with Crippen LogP contribution in [0.3, 0.4) is 0 Å². The molecule has 4 aromatic rings. The van der Waals surface area contributed by atoms with E-state index in [9.17, 15) is 18.4 Å². The third-order valence-electron chi connectivity index (χ3n) is 5.93. The lowest BCUT2D eigenvalue weighted by atomic mass is 10.0. The third kappa shape index (κ3) is 4.44. The molecule has 0 bridgehead atoms. The maximum absolute atomic E-state index is 14.4. The first-order valence-corrected chi connectivity index (χ1v) is 11.2. The van der Waals surface area contributed by atoms with Gasteiger partial charge in [-0.05, 0) is 54.1 Å². The lowest BCUT2D eigenvalue weighted by Gasteiger charge is -2.35. The molecule has 0 fully saturated rings. The van der Waals surface area contributed by atoms with Crippen LogP contribution in [0, 0.1) is 11.6 Å². The van der Waals surface area contributed by atoms with E-state index in [-0.39, 0.29) is 41.4 Å². The van der Waals surface area contributed by atoms with Crippen LogP contribution < -0.4 is 10.2 Å². The zero-order chi connectivity index (χ0) is 24.7. The van der Waals surface area contributed by atoms with Gasteiger partial charge in [0, 0.05) is 35.1 Å². The second-order valence-electron chi connectivity index (χ2n) is 8.35. The number of nitrogens with one attached hydrogen (secondary N) is 1. The van der Waals surface area contributed by atoms with Crippen LogP contribution in [0.15, 0.2) is 65.1 Å². The quantitative estimate of drug-likeness (QED) is 0.377. The fourth-order valence-electron chi connectivity index (χ4n) is 4.14. The van der Waals surface area contributed by atoms with Crippen molar-refractivity contribution in [2.45, 2.75) is 19.6 Å². The zero-order valence-corrected chi connectivity index (χ0v) is 19.4. The number of anilines is 1. The molecular weight excluding hydrogens is 476 g/mol. The minimum atomic E-state index is -0.514. The Morgan fingerprint density at radius 1 is 1.11 bits per heavy atom. The van der Waals surface area contributed by atoms with E-state index in [1.54, 1.807) is 37.4 Å². The predicted molar refractivity (Wildman–Crippen MR) is 128 cm³/mol. The van der Waals surface area contributed by atoms with Crippen LogP contribution in [0.25, 0.3) is 11.0 Å². The first kappa shape index (κ1) is 22.9. The van der Waals surface area contributed by atoms with Gasteiger partial charge < -0.3 is 14.6 Å². The monoisotopic (exact) mass is 495 g/mol. The standard InChI is InChI=1S/C26H20ClF2N3O3/c1-31-13-16-6-5-15(25(33)30-12-19-10-17-9-18(28)7-8-24(17)35-19)11-23(16)32(26(31)34)14-20-21(27)3-2-4-22(20)29/h2-11H,12-14H2,1H3,(H,30,33). The predicted octanol–water partition coefficient (Wildman–Crippen LogP) is 5.87. The van der Waals surface area contributed by atoms with Crippen molar-refractivity contribution in [3.8, 4) is 0 Å². The summed E-state index contributed by atoms with van der Waals surface area (Å²) >= 11 is 6.19. The second kappa shape index (κ2) is 9.03. The maximum Gasteiger partial charge on any atom is 0.324 e. The number of hydrogen-bond donors (Lipinski definition) is 1. The highest BCUT2D eigenvalue weighted by atomic mass is 35.5.